The molecule has 0 amide bonds. The molecule has 0 unspecified atom stereocenters. The quantitative estimate of drug-likeness (QED) is 0.464. The van der Waals surface area contributed by atoms with Gasteiger partial charge >= 0.3 is 0 Å². The fourth-order valence-corrected chi connectivity index (χ4v) is 3.55. The minimum absolute atomic E-state index is 0.439. The normalized spacial score (nSPS) is 13.5. The molecular weight excluding hydrogens is 406 g/mol. The molecule has 32 heavy (non-hydrogen) atoms. The van der Waals surface area contributed by atoms with Gasteiger partial charge in [-0.15, -0.1) is 0 Å². The summed E-state index contributed by atoms with van der Waals surface area (Å²) < 4.78 is 11.4. The molecule has 0 aliphatic carbocycles. The van der Waals surface area contributed by atoms with E-state index in [4.69, 9.17) is 9.47 Å². The lowest BCUT2D eigenvalue weighted by molar-refractivity contribution is 0.122. The van der Waals surface area contributed by atoms with Gasteiger partial charge in [0.1, 0.15) is 30.1 Å². The Morgan fingerprint density at radius 2 is 2.03 bits per heavy atom. The molecule has 0 bridgehead atoms. The first-order valence-corrected chi connectivity index (χ1v) is 10.6. The van der Waals surface area contributed by atoms with Crippen molar-refractivity contribution in [2.75, 3.05) is 55.0 Å². The van der Waals surface area contributed by atoms with E-state index in [2.05, 4.69) is 42.9 Å². The Hall–Kier alpha value is -3.77. The van der Waals surface area contributed by atoms with Crippen molar-refractivity contribution in [1.82, 2.24) is 15.2 Å². The van der Waals surface area contributed by atoms with Crippen LogP contribution in [0.2, 0.25) is 0 Å². The van der Waals surface area contributed by atoms with Crippen LogP contribution in [0, 0.1) is 25.2 Å². The monoisotopic (exact) mass is 433 g/mol. The second-order valence-electron chi connectivity index (χ2n) is 7.59. The van der Waals surface area contributed by atoms with Gasteiger partial charge in [-0.1, -0.05) is 6.07 Å². The zero-order valence-corrected chi connectivity index (χ0v) is 18.3. The van der Waals surface area contributed by atoms with Crippen molar-refractivity contribution in [1.29, 1.82) is 5.26 Å². The van der Waals surface area contributed by atoms with Crippen molar-refractivity contribution in [3.63, 3.8) is 0 Å². The number of anilines is 4. The van der Waals surface area contributed by atoms with Crippen molar-refractivity contribution >= 4 is 23.1 Å². The molecular formula is C23H27N7O2. The summed E-state index contributed by atoms with van der Waals surface area (Å²) in [5.74, 6) is 2.63. The number of pyridine rings is 1. The van der Waals surface area contributed by atoms with E-state index in [9.17, 15) is 5.26 Å². The molecule has 1 aromatic carbocycles. The third-order valence-corrected chi connectivity index (χ3v) is 5.15. The van der Waals surface area contributed by atoms with Crippen molar-refractivity contribution in [3.8, 4) is 11.8 Å². The molecule has 1 aliphatic rings. The van der Waals surface area contributed by atoms with Crippen molar-refractivity contribution in [2.24, 2.45) is 0 Å². The van der Waals surface area contributed by atoms with Gasteiger partial charge in [-0.05, 0) is 37.6 Å². The molecule has 2 aromatic heterocycles. The number of hydrogen-bond donors (Lipinski definition) is 3. The molecule has 0 radical (unpaired) electrons. The van der Waals surface area contributed by atoms with Crippen LogP contribution in [0.5, 0.6) is 5.75 Å². The summed E-state index contributed by atoms with van der Waals surface area (Å²) in [6.45, 7) is 8.03. The number of ether oxygens (including phenoxy) is 2. The van der Waals surface area contributed by atoms with E-state index in [0.717, 1.165) is 49.0 Å². The molecule has 0 saturated carbocycles. The van der Waals surface area contributed by atoms with Crippen LogP contribution in [-0.2, 0) is 4.74 Å². The molecule has 166 valence electrons. The molecule has 9 heteroatoms. The van der Waals surface area contributed by atoms with Gasteiger partial charge in [-0.3, -0.25) is 5.10 Å². The molecule has 1 aliphatic heterocycles. The van der Waals surface area contributed by atoms with Crippen LogP contribution in [-0.4, -0.2) is 54.6 Å². The Labute approximate surface area is 187 Å². The summed E-state index contributed by atoms with van der Waals surface area (Å²) >= 11 is 0. The summed E-state index contributed by atoms with van der Waals surface area (Å²) in [5, 5.41) is 23.0. The van der Waals surface area contributed by atoms with Gasteiger partial charge in [-0.2, -0.15) is 10.4 Å². The maximum Gasteiger partial charge on any atom is 0.153 e. The van der Waals surface area contributed by atoms with Gasteiger partial charge in [0.2, 0.25) is 0 Å². The first kappa shape index (κ1) is 21.5. The fraction of sp³-hybridized carbons (Fsp3) is 0.348. The lowest BCUT2D eigenvalue weighted by Crippen LogP contribution is -2.36. The van der Waals surface area contributed by atoms with Crippen LogP contribution in [0.15, 0.2) is 36.4 Å². The number of nitriles is 1. The SMILES string of the molecule is Cc1cc(Nc2cc(C)c(C#N)c(NCCOc3cccc(N4CCOCC4)c3)n2)n[nH]1. The number of rotatable bonds is 8. The predicted octanol–water partition coefficient (Wildman–Crippen LogP) is 3.36. The van der Waals surface area contributed by atoms with E-state index in [1.165, 1.54) is 0 Å². The van der Waals surface area contributed by atoms with Gasteiger partial charge < -0.3 is 25.0 Å². The number of H-pyrrole nitrogens is 1. The van der Waals surface area contributed by atoms with E-state index in [1.54, 1.807) is 0 Å². The average Bonchev–Trinajstić information content (AvgIpc) is 3.22. The largest absolute Gasteiger partial charge is 0.492 e. The highest BCUT2D eigenvalue weighted by Gasteiger charge is 2.13. The van der Waals surface area contributed by atoms with Crippen molar-refractivity contribution < 1.29 is 9.47 Å². The maximum atomic E-state index is 9.56. The molecule has 0 spiro atoms. The fourth-order valence-electron chi connectivity index (χ4n) is 3.55. The minimum Gasteiger partial charge on any atom is -0.492 e. The lowest BCUT2D eigenvalue weighted by Gasteiger charge is -2.29. The highest BCUT2D eigenvalue weighted by atomic mass is 16.5. The smallest absolute Gasteiger partial charge is 0.153 e. The number of aryl methyl sites for hydroxylation is 2. The van der Waals surface area contributed by atoms with Crippen LogP contribution >= 0.6 is 0 Å². The predicted molar refractivity (Wildman–Crippen MR) is 124 cm³/mol. The standard InChI is InChI=1S/C23H27N7O2/c1-16-12-21(26-22-13-17(2)28-29-22)27-23(20(16)15-24)25-6-9-32-19-5-3-4-18(14-19)30-7-10-31-11-8-30/h3-5,12-14H,6-11H2,1-2H3,(H3,25,26,27,28,29). The van der Waals surface area contributed by atoms with Crippen molar-refractivity contribution in [3.05, 3.63) is 53.2 Å². The van der Waals surface area contributed by atoms with E-state index >= 15 is 0 Å². The number of morpholine rings is 1. The Kier molecular flexibility index (Phi) is 6.72. The Balaban J connectivity index is 1.36. The van der Waals surface area contributed by atoms with E-state index in [0.29, 0.717) is 36.2 Å². The first-order valence-electron chi connectivity index (χ1n) is 10.6. The molecule has 0 atom stereocenters. The Morgan fingerprint density at radius 3 is 2.78 bits per heavy atom. The summed E-state index contributed by atoms with van der Waals surface area (Å²) in [6.07, 6.45) is 0. The number of nitrogens with zero attached hydrogens (tertiary/aromatic N) is 4. The summed E-state index contributed by atoms with van der Waals surface area (Å²) in [5.41, 5.74) is 3.43. The second kappa shape index (κ2) is 10.0. The second-order valence-corrected chi connectivity index (χ2v) is 7.59. The summed E-state index contributed by atoms with van der Waals surface area (Å²) in [7, 11) is 0. The van der Waals surface area contributed by atoms with Gasteiger partial charge in [0.05, 0.1) is 25.3 Å². The van der Waals surface area contributed by atoms with Gasteiger partial charge in [-0.25, -0.2) is 4.98 Å². The number of nitrogens with one attached hydrogen (secondary N) is 3. The average molecular weight is 434 g/mol. The van der Waals surface area contributed by atoms with Crippen LogP contribution in [0.25, 0.3) is 0 Å². The molecule has 3 N–H and O–H groups in total. The topological polar surface area (TPSA) is 111 Å². The van der Waals surface area contributed by atoms with E-state index < -0.39 is 0 Å². The van der Waals surface area contributed by atoms with Crippen LogP contribution in [0.1, 0.15) is 16.8 Å². The van der Waals surface area contributed by atoms with Crippen molar-refractivity contribution in [2.45, 2.75) is 13.8 Å². The summed E-state index contributed by atoms with van der Waals surface area (Å²) in [6, 6.07) is 14.0. The highest BCUT2D eigenvalue weighted by molar-refractivity contribution is 5.63. The zero-order valence-electron chi connectivity index (χ0n) is 18.3. The zero-order chi connectivity index (χ0) is 22.3. The number of benzene rings is 1. The van der Waals surface area contributed by atoms with Gasteiger partial charge in [0.25, 0.3) is 0 Å². The number of aromatic amines is 1. The maximum absolute atomic E-state index is 9.56. The highest BCUT2D eigenvalue weighted by Crippen LogP contribution is 2.24. The van der Waals surface area contributed by atoms with Crippen LogP contribution in [0.3, 0.4) is 0 Å². The van der Waals surface area contributed by atoms with Crippen LogP contribution in [0.4, 0.5) is 23.1 Å². The van der Waals surface area contributed by atoms with E-state index in [1.807, 2.05) is 44.2 Å². The Bertz CT molecular complexity index is 1100. The molecule has 3 heterocycles. The molecule has 4 rings (SSSR count). The molecule has 1 saturated heterocycles. The third-order valence-electron chi connectivity index (χ3n) is 5.15. The Morgan fingerprint density at radius 1 is 1.19 bits per heavy atom. The lowest BCUT2D eigenvalue weighted by atomic mass is 10.1. The number of aromatic nitrogens is 3. The van der Waals surface area contributed by atoms with Crippen LogP contribution < -0.4 is 20.3 Å². The minimum atomic E-state index is 0.439. The molecule has 3 aromatic rings. The number of hydrogen-bond acceptors (Lipinski definition) is 8. The van der Waals surface area contributed by atoms with E-state index in [-0.39, 0.29) is 0 Å². The third kappa shape index (κ3) is 5.28. The molecule has 9 nitrogen and oxygen atoms in total. The van der Waals surface area contributed by atoms with Gasteiger partial charge in [0, 0.05) is 36.6 Å². The summed E-state index contributed by atoms with van der Waals surface area (Å²) in [4.78, 5) is 6.85. The molecule has 1 fully saturated rings. The van der Waals surface area contributed by atoms with Gasteiger partial charge in [0.15, 0.2) is 5.82 Å². The first-order chi connectivity index (χ1) is 15.6.